The van der Waals surface area contributed by atoms with Gasteiger partial charge in [0.1, 0.15) is 5.82 Å². The van der Waals surface area contributed by atoms with Crippen molar-refractivity contribution in [3.63, 3.8) is 0 Å². The van der Waals surface area contributed by atoms with Crippen LogP contribution in [0.1, 0.15) is 0 Å². The minimum atomic E-state index is -0.405. The number of halogens is 1. The first-order valence-corrected chi connectivity index (χ1v) is 5.64. The van der Waals surface area contributed by atoms with Gasteiger partial charge in [0.25, 0.3) is 0 Å². The molecule has 94 valence electrons. The summed E-state index contributed by atoms with van der Waals surface area (Å²) in [6.45, 7) is 0. The molecule has 0 spiro atoms. The van der Waals surface area contributed by atoms with Crippen LogP contribution >= 0.6 is 11.6 Å². The van der Waals surface area contributed by atoms with E-state index < -0.39 is 5.69 Å². The zero-order valence-electron chi connectivity index (χ0n) is 9.94. The Kier molecular flexibility index (Phi) is 3.59. The number of rotatable bonds is 3. The predicted octanol–water partition coefficient (Wildman–Crippen LogP) is 1.04. The fraction of sp³-hybridized carbons (Fsp3) is 0.182. The average Bonchev–Trinajstić information content (AvgIpc) is 2.35. The van der Waals surface area contributed by atoms with E-state index >= 15 is 0 Å². The summed E-state index contributed by atoms with van der Waals surface area (Å²) in [5.74, 6) is 0.661. The molecule has 0 aliphatic rings. The first-order valence-electron chi connectivity index (χ1n) is 5.26. The van der Waals surface area contributed by atoms with Crippen molar-refractivity contribution in [1.82, 2.24) is 20.0 Å². The number of hydrazine groups is 1. The van der Waals surface area contributed by atoms with Gasteiger partial charge >= 0.3 is 5.69 Å². The standard InChI is InChI=1S/C11H12ClN5O/c1-13-16-10-14-9(17(2)11(18)15-10)7-5-3-4-6-8(7)12/h3-6,13H,1-2H3,(H,15,16,18). The van der Waals surface area contributed by atoms with Crippen LogP contribution in [-0.2, 0) is 7.05 Å². The van der Waals surface area contributed by atoms with Crippen molar-refractivity contribution < 1.29 is 0 Å². The van der Waals surface area contributed by atoms with Crippen molar-refractivity contribution in [2.45, 2.75) is 0 Å². The Hall–Kier alpha value is -1.92. The van der Waals surface area contributed by atoms with E-state index in [1.165, 1.54) is 4.57 Å². The quantitative estimate of drug-likeness (QED) is 0.812. The lowest BCUT2D eigenvalue weighted by Gasteiger charge is -2.10. The number of anilines is 1. The molecule has 0 radical (unpaired) electrons. The lowest BCUT2D eigenvalue weighted by molar-refractivity contribution is 0.775. The molecule has 7 heteroatoms. The van der Waals surface area contributed by atoms with Crippen LogP contribution < -0.4 is 16.5 Å². The molecule has 1 heterocycles. The molecule has 0 aliphatic carbocycles. The molecule has 0 atom stereocenters. The van der Waals surface area contributed by atoms with Gasteiger partial charge < -0.3 is 0 Å². The van der Waals surface area contributed by atoms with Gasteiger partial charge in [0.2, 0.25) is 5.95 Å². The molecule has 2 aromatic rings. The fourth-order valence-corrected chi connectivity index (χ4v) is 1.73. The van der Waals surface area contributed by atoms with Gasteiger partial charge in [0.15, 0.2) is 0 Å². The van der Waals surface area contributed by atoms with E-state index in [0.29, 0.717) is 16.4 Å². The second-order valence-corrected chi connectivity index (χ2v) is 3.97. The first kappa shape index (κ1) is 12.5. The Morgan fingerprint density at radius 2 is 2.00 bits per heavy atom. The van der Waals surface area contributed by atoms with Crippen LogP contribution in [0.3, 0.4) is 0 Å². The van der Waals surface area contributed by atoms with E-state index in [1.807, 2.05) is 12.1 Å². The van der Waals surface area contributed by atoms with Gasteiger partial charge in [-0.15, -0.1) is 0 Å². The van der Waals surface area contributed by atoms with Gasteiger partial charge in [-0.2, -0.15) is 9.97 Å². The highest BCUT2D eigenvalue weighted by molar-refractivity contribution is 6.33. The zero-order chi connectivity index (χ0) is 13.1. The maximum absolute atomic E-state index is 11.7. The first-order chi connectivity index (χ1) is 8.63. The molecule has 0 saturated carbocycles. The third kappa shape index (κ3) is 2.34. The number of hydrogen-bond acceptors (Lipinski definition) is 5. The molecule has 0 saturated heterocycles. The van der Waals surface area contributed by atoms with Gasteiger partial charge in [0, 0.05) is 19.7 Å². The molecular formula is C11H12ClN5O. The minimum Gasteiger partial charge on any atom is -0.290 e. The zero-order valence-corrected chi connectivity index (χ0v) is 10.7. The highest BCUT2D eigenvalue weighted by atomic mass is 35.5. The van der Waals surface area contributed by atoms with Crippen LogP contribution in [-0.4, -0.2) is 21.6 Å². The molecule has 1 aromatic heterocycles. The predicted molar refractivity (Wildman–Crippen MR) is 70.4 cm³/mol. The second kappa shape index (κ2) is 5.16. The Balaban J connectivity index is 2.63. The van der Waals surface area contributed by atoms with Crippen molar-refractivity contribution >= 4 is 17.5 Å². The number of nitrogens with one attached hydrogen (secondary N) is 2. The van der Waals surface area contributed by atoms with E-state index in [-0.39, 0.29) is 5.95 Å². The van der Waals surface area contributed by atoms with Gasteiger partial charge in [0.05, 0.1) is 5.02 Å². The smallest absolute Gasteiger partial charge is 0.290 e. The number of aromatic nitrogens is 3. The van der Waals surface area contributed by atoms with Crippen LogP contribution in [0, 0.1) is 0 Å². The molecular weight excluding hydrogens is 254 g/mol. The van der Waals surface area contributed by atoms with Gasteiger partial charge in [-0.25, -0.2) is 10.2 Å². The van der Waals surface area contributed by atoms with Crippen molar-refractivity contribution in [2.75, 3.05) is 12.5 Å². The largest absolute Gasteiger partial charge is 0.352 e. The van der Waals surface area contributed by atoms with E-state index in [0.717, 1.165) is 0 Å². The Labute approximate surface area is 109 Å². The van der Waals surface area contributed by atoms with Crippen molar-refractivity contribution in [3.05, 3.63) is 39.8 Å². The SMILES string of the molecule is CNNc1nc(-c2ccccc2Cl)n(C)c(=O)n1. The molecule has 0 unspecified atom stereocenters. The van der Waals surface area contributed by atoms with E-state index in [4.69, 9.17) is 11.6 Å². The lowest BCUT2D eigenvalue weighted by atomic mass is 10.2. The van der Waals surface area contributed by atoms with Crippen LogP contribution in [0.25, 0.3) is 11.4 Å². The molecule has 6 nitrogen and oxygen atoms in total. The number of benzene rings is 1. The third-order valence-corrected chi connectivity index (χ3v) is 2.70. The minimum absolute atomic E-state index is 0.204. The normalized spacial score (nSPS) is 10.4. The maximum atomic E-state index is 11.7. The summed E-state index contributed by atoms with van der Waals surface area (Å²) in [5, 5.41) is 0.529. The van der Waals surface area contributed by atoms with Crippen LogP contribution in [0.4, 0.5) is 5.95 Å². The molecule has 0 bridgehead atoms. The summed E-state index contributed by atoms with van der Waals surface area (Å²) in [6, 6.07) is 7.19. The number of nitrogens with zero attached hydrogens (tertiary/aromatic N) is 3. The Morgan fingerprint density at radius 3 is 2.67 bits per heavy atom. The second-order valence-electron chi connectivity index (χ2n) is 3.57. The van der Waals surface area contributed by atoms with Crippen LogP contribution in [0.5, 0.6) is 0 Å². The summed E-state index contributed by atoms with van der Waals surface area (Å²) >= 11 is 6.10. The number of hydrogen-bond donors (Lipinski definition) is 2. The summed E-state index contributed by atoms with van der Waals surface area (Å²) < 4.78 is 1.35. The summed E-state index contributed by atoms with van der Waals surface area (Å²) in [4.78, 5) is 19.7. The summed E-state index contributed by atoms with van der Waals surface area (Å²) in [5.41, 5.74) is 5.62. The van der Waals surface area contributed by atoms with E-state index in [2.05, 4.69) is 20.8 Å². The van der Waals surface area contributed by atoms with E-state index in [9.17, 15) is 4.79 Å². The Bertz CT molecular complexity index is 625. The third-order valence-electron chi connectivity index (χ3n) is 2.37. The average molecular weight is 266 g/mol. The van der Waals surface area contributed by atoms with Crippen LogP contribution in [0.15, 0.2) is 29.1 Å². The lowest BCUT2D eigenvalue weighted by Crippen LogP contribution is -2.27. The summed E-state index contributed by atoms with van der Waals surface area (Å²) in [7, 11) is 3.26. The van der Waals surface area contributed by atoms with Gasteiger partial charge in [-0.3, -0.25) is 9.99 Å². The van der Waals surface area contributed by atoms with Crippen molar-refractivity contribution in [1.29, 1.82) is 0 Å². The summed E-state index contributed by atoms with van der Waals surface area (Å²) in [6.07, 6.45) is 0. The Morgan fingerprint density at radius 1 is 1.28 bits per heavy atom. The monoisotopic (exact) mass is 265 g/mol. The molecule has 0 aliphatic heterocycles. The molecule has 0 amide bonds. The molecule has 2 N–H and O–H groups in total. The van der Waals surface area contributed by atoms with Crippen molar-refractivity contribution in [3.8, 4) is 11.4 Å². The topological polar surface area (TPSA) is 71.8 Å². The van der Waals surface area contributed by atoms with Crippen LogP contribution in [0.2, 0.25) is 5.02 Å². The maximum Gasteiger partial charge on any atom is 0.352 e. The highest BCUT2D eigenvalue weighted by Crippen LogP contribution is 2.24. The van der Waals surface area contributed by atoms with Gasteiger partial charge in [-0.1, -0.05) is 23.7 Å². The molecule has 1 aromatic carbocycles. The van der Waals surface area contributed by atoms with Crippen molar-refractivity contribution in [2.24, 2.45) is 7.05 Å². The highest BCUT2D eigenvalue weighted by Gasteiger charge is 2.11. The van der Waals surface area contributed by atoms with Gasteiger partial charge in [-0.05, 0) is 12.1 Å². The van der Waals surface area contributed by atoms with E-state index in [1.54, 1.807) is 26.2 Å². The molecule has 2 rings (SSSR count). The molecule has 0 fully saturated rings. The molecule has 18 heavy (non-hydrogen) atoms. The fourth-order valence-electron chi connectivity index (χ4n) is 1.51.